The third-order valence-corrected chi connectivity index (χ3v) is 7.83. The molecule has 1 spiro atoms. The number of anilines is 1. The number of carbonyl (C=O) groups is 4. The summed E-state index contributed by atoms with van der Waals surface area (Å²) >= 11 is 1.35. The highest BCUT2D eigenvalue weighted by molar-refractivity contribution is 8.00. The molecular weight excluding hydrogens is 478 g/mol. The molecule has 2 saturated heterocycles. The summed E-state index contributed by atoms with van der Waals surface area (Å²) in [6.45, 7) is -0.275. The highest BCUT2D eigenvalue weighted by Crippen LogP contribution is 2.38. The van der Waals surface area contributed by atoms with Gasteiger partial charge in [0.05, 0.1) is 11.8 Å². The summed E-state index contributed by atoms with van der Waals surface area (Å²) in [5.74, 6) is -1.98. The van der Waals surface area contributed by atoms with Crippen LogP contribution in [-0.4, -0.2) is 64.2 Å². The zero-order chi connectivity index (χ0) is 24.9. The molecular formula is C24H22F2N4O4S. The van der Waals surface area contributed by atoms with Gasteiger partial charge in [-0.25, -0.2) is 13.6 Å². The van der Waals surface area contributed by atoms with Crippen LogP contribution in [0.25, 0.3) is 0 Å². The van der Waals surface area contributed by atoms with Gasteiger partial charge < -0.3 is 15.1 Å². The van der Waals surface area contributed by atoms with Crippen LogP contribution in [0.5, 0.6) is 0 Å². The Morgan fingerprint density at radius 3 is 2.51 bits per heavy atom. The molecule has 2 fully saturated rings. The van der Waals surface area contributed by atoms with Gasteiger partial charge in [-0.2, -0.15) is 0 Å². The number of imide groups is 1. The van der Waals surface area contributed by atoms with Crippen molar-refractivity contribution in [3.63, 3.8) is 0 Å². The van der Waals surface area contributed by atoms with Crippen LogP contribution in [0, 0.1) is 11.6 Å². The quantitative estimate of drug-likeness (QED) is 0.628. The van der Waals surface area contributed by atoms with Crippen LogP contribution in [-0.2, 0) is 27.2 Å². The summed E-state index contributed by atoms with van der Waals surface area (Å²) in [6, 6.07) is 7.32. The first-order valence-corrected chi connectivity index (χ1v) is 12.2. The van der Waals surface area contributed by atoms with Crippen LogP contribution in [0.4, 0.5) is 19.3 Å². The molecule has 5 rings (SSSR count). The molecule has 2 aliphatic heterocycles. The summed E-state index contributed by atoms with van der Waals surface area (Å²) in [4.78, 5) is 52.6. The van der Waals surface area contributed by atoms with E-state index in [0.717, 1.165) is 17.2 Å². The van der Waals surface area contributed by atoms with Crippen LogP contribution in [0.1, 0.15) is 22.7 Å². The zero-order valence-corrected chi connectivity index (χ0v) is 19.6. The SMILES string of the molecule is CN1C(=O)NC(=O)[C@]12Cc1ccc(NC(=O)CN3C(=O)CSC[C@H]3c3cc(F)cc(F)c3)cc1C2. The van der Waals surface area contributed by atoms with E-state index in [1.54, 1.807) is 19.2 Å². The van der Waals surface area contributed by atoms with E-state index in [2.05, 4.69) is 10.6 Å². The standard InChI is InChI=1S/C24H22F2N4O4S/c1-29-23(34)28-22(33)24(29)8-13-2-3-18(6-15(13)9-24)27-20(31)10-30-19(11-35-12-21(30)32)14-4-16(25)7-17(26)5-14/h2-7,19H,8-12H2,1H3,(H,27,31)(H,28,33,34)/t19-,24+/m0/s1. The number of thioether (sulfide) groups is 1. The largest absolute Gasteiger partial charge is 0.325 e. The maximum atomic E-state index is 13.8. The van der Waals surface area contributed by atoms with E-state index in [-0.39, 0.29) is 24.1 Å². The monoisotopic (exact) mass is 500 g/mol. The number of carbonyl (C=O) groups excluding carboxylic acids is 4. The van der Waals surface area contributed by atoms with Crippen LogP contribution in [0.2, 0.25) is 0 Å². The molecule has 8 nitrogen and oxygen atoms in total. The van der Waals surface area contributed by atoms with Gasteiger partial charge in [-0.15, -0.1) is 11.8 Å². The Kier molecular flexibility index (Phi) is 5.74. The summed E-state index contributed by atoms with van der Waals surface area (Å²) < 4.78 is 27.5. The third kappa shape index (κ3) is 4.13. The van der Waals surface area contributed by atoms with Crippen molar-refractivity contribution in [3.8, 4) is 0 Å². The molecule has 2 aromatic carbocycles. The predicted octanol–water partition coefficient (Wildman–Crippen LogP) is 2.24. The van der Waals surface area contributed by atoms with Crippen molar-refractivity contribution in [1.82, 2.24) is 15.1 Å². The molecule has 3 aliphatic rings. The topological polar surface area (TPSA) is 98.8 Å². The molecule has 0 bridgehead atoms. The minimum atomic E-state index is -0.965. The second-order valence-electron chi connectivity index (χ2n) is 8.99. The van der Waals surface area contributed by atoms with E-state index in [0.29, 0.717) is 29.8 Å². The zero-order valence-electron chi connectivity index (χ0n) is 18.8. The van der Waals surface area contributed by atoms with E-state index in [1.165, 1.54) is 33.7 Å². The van der Waals surface area contributed by atoms with Gasteiger partial charge >= 0.3 is 6.03 Å². The van der Waals surface area contributed by atoms with Crippen LogP contribution < -0.4 is 10.6 Å². The van der Waals surface area contributed by atoms with E-state index in [1.807, 2.05) is 6.07 Å². The summed E-state index contributed by atoms with van der Waals surface area (Å²) in [6.07, 6.45) is 0.714. The van der Waals surface area contributed by atoms with Crippen molar-refractivity contribution >= 4 is 41.2 Å². The van der Waals surface area contributed by atoms with Gasteiger partial charge in [0.15, 0.2) is 0 Å². The Labute approximate surface area is 204 Å². The van der Waals surface area contributed by atoms with Gasteiger partial charge in [0.25, 0.3) is 5.91 Å². The smallest absolute Gasteiger partial charge is 0.324 e. The average molecular weight is 501 g/mol. The fourth-order valence-electron chi connectivity index (χ4n) is 4.98. The number of hydrogen-bond acceptors (Lipinski definition) is 5. The molecule has 182 valence electrons. The molecule has 5 amide bonds. The van der Waals surface area contributed by atoms with Crippen molar-refractivity contribution in [2.45, 2.75) is 24.4 Å². The lowest BCUT2D eigenvalue weighted by molar-refractivity contribution is -0.134. The first-order valence-electron chi connectivity index (χ1n) is 11.0. The number of urea groups is 1. The van der Waals surface area contributed by atoms with Gasteiger partial charge in [0, 0.05) is 37.4 Å². The van der Waals surface area contributed by atoms with Gasteiger partial charge in [-0.05, 0) is 41.0 Å². The second-order valence-corrected chi connectivity index (χ2v) is 10.0. The summed E-state index contributed by atoms with van der Waals surface area (Å²) in [5.41, 5.74) is 1.58. The molecule has 0 unspecified atom stereocenters. The van der Waals surface area contributed by atoms with Gasteiger partial charge in [0.2, 0.25) is 11.8 Å². The molecule has 11 heteroatoms. The van der Waals surface area contributed by atoms with Crippen molar-refractivity contribution in [2.75, 3.05) is 30.4 Å². The lowest BCUT2D eigenvalue weighted by Crippen LogP contribution is -2.48. The maximum absolute atomic E-state index is 13.8. The number of amides is 5. The Balaban J connectivity index is 1.31. The Hall–Kier alpha value is -3.47. The highest BCUT2D eigenvalue weighted by atomic mass is 32.2. The second kappa shape index (κ2) is 8.63. The number of rotatable bonds is 4. The first-order chi connectivity index (χ1) is 16.7. The maximum Gasteiger partial charge on any atom is 0.324 e. The summed E-state index contributed by atoms with van der Waals surface area (Å²) in [7, 11) is 1.59. The Morgan fingerprint density at radius 2 is 1.83 bits per heavy atom. The predicted molar refractivity (Wildman–Crippen MR) is 125 cm³/mol. The van der Waals surface area contributed by atoms with Crippen LogP contribution in [0.3, 0.4) is 0 Å². The molecule has 0 saturated carbocycles. The van der Waals surface area contributed by atoms with Gasteiger partial charge in [-0.3, -0.25) is 19.7 Å². The molecule has 2 N–H and O–H groups in total. The van der Waals surface area contributed by atoms with E-state index < -0.39 is 35.2 Å². The van der Waals surface area contributed by atoms with Gasteiger partial charge in [0.1, 0.15) is 23.7 Å². The number of nitrogens with one attached hydrogen (secondary N) is 2. The van der Waals surface area contributed by atoms with Crippen molar-refractivity contribution in [1.29, 1.82) is 0 Å². The number of hydrogen-bond donors (Lipinski definition) is 2. The van der Waals surface area contributed by atoms with Crippen molar-refractivity contribution < 1.29 is 28.0 Å². The Bertz CT molecular complexity index is 1250. The third-order valence-electron chi connectivity index (χ3n) is 6.83. The number of likely N-dealkylation sites (N-methyl/N-ethyl adjacent to an activating group) is 1. The Morgan fingerprint density at radius 1 is 1.11 bits per heavy atom. The average Bonchev–Trinajstić information content (AvgIpc) is 3.27. The van der Waals surface area contributed by atoms with Gasteiger partial charge in [-0.1, -0.05) is 6.07 Å². The lowest BCUT2D eigenvalue weighted by atomic mass is 9.95. The molecule has 0 aromatic heterocycles. The molecule has 2 atom stereocenters. The molecule has 1 aliphatic carbocycles. The molecule has 2 heterocycles. The lowest BCUT2D eigenvalue weighted by Gasteiger charge is -2.35. The van der Waals surface area contributed by atoms with E-state index in [9.17, 15) is 28.0 Å². The highest BCUT2D eigenvalue weighted by Gasteiger charge is 2.54. The first kappa shape index (κ1) is 23.3. The molecule has 0 radical (unpaired) electrons. The fraction of sp³-hybridized carbons (Fsp3) is 0.333. The number of benzene rings is 2. The van der Waals surface area contributed by atoms with E-state index in [4.69, 9.17) is 0 Å². The van der Waals surface area contributed by atoms with Crippen molar-refractivity contribution in [3.05, 3.63) is 64.7 Å². The van der Waals surface area contributed by atoms with Crippen molar-refractivity contribution in [2.24, 2.45) is 0 Å². The fourth-order valence-corrected chi connectivity index (χ4v) is 6.03. The van der Waals surface area contributed by atoms with Crippen LogP contribution in [0.15, 0.2) is 36.4 Å². The normalized spacial score (nSPS) is 23.6. The molecule has 35 heavy (non-hydrogen) atoms. The minimum absolute atomic E-state index is 0.177. The molecule has 2 aromatic rings. The van der Waals surface area contributed by atoms with E-state index >= 15 is 0 Å². The summed E-state index contributed by atoms with van der Waals surface area (Å²) in [5, 5.41) is 5.12. The number of halogens is 2. The minimum Gasteiger partial charge on any atom is -0.325 e. The number of nitrogens with zero attached hydrogens (tertiary/aromatic N) is 2. The van der Waals surface area contributed by atoms with Crippen LogP contribution >= 0.6 is 11.8 Å². The number of fused-ring (bicyclic) bond motifs is 1.